The van der Waals surface area contributed by atoms with Gasteiger partial charge in [-0.1, -0.05) is 6.92 Å². The molecule has 1 unspecified atom stereocenters. The highest BCUT2D eigenvalue weighted by Gasteiger charge is 2.10. The molecular weight excluding hydrogens is 204 g/mol. The van der Waals surface area contributed by atoms with Crippen LogP contribution < -0.4 is 10.5 Å². The van der Waals surface area contributed by atoms with Gasteiger partial charge >= 0.3 is 0 Å². The summed E-state index contributed by atoms with van der Waals surface area (Å²) in [7, 11) is 0. The summed E-state index contributed by atoms with van der Waals surface area (Å²) in [5.41, 5.74) is 7.45. The molecule has 0 aliphatic rings. The number of hydrogen-bond acceptors (Lipinski definition) is 4. The standard InChI is InChI=1S/C11H16N4O/c1-3-7(12)10-13-8-5-6-9(16-4-2)14-11(8)15-10/h5-7H,3-4,12H2,1-2H3,(H,13,14,15). The number of rotatable bonds is 4. The van der Waals surface area contributed by atoms with Crippen LogP contribution in [0.25, 0.3) is 11.2 Å². The lowest BCUT2D eigenvalue weighted by Gasteiger charge is -2.01. The Morgan fingerprint density at radius 1 is 1.38 bits per heavy atom. The number of ether oxygens (including phenoxy) is 1. The third-order valence-corrected chi connectivity index (χ3v) is 2.42. The predicted octanol–water partition coefficient (Wildman–Crippen LogP) is 1.77. The van der Waals surface area contributed by atoms with Crippen molar-refractivity contribution in [2.75, 3.05) is 6.61 Å². The summed E-state index contributed by atoms with van der Waals surface area (Å²) in [6, 6.07) is 3.67. The minimum atomic E-state index is -0.0651. The molecule has 0 spiro atoms. The van der Waals surface area contributed by atoms with Crippen molar-refractivity contribution in [2.24, 2.45) is 5.73 Å². The smallest absolute Gasteiger partial charge is 0.215 e. The molecule has 2 heterocycles. The molecule has 0 aliphatic carbocycles. The summed E-state index contributed by atoms with van der Waals surface area (Å²) in [6.07, 6.45) is 0.845. The number of nitrogens with one attached hydrogen (secondary N) is 1. The van der Waals surface area contributed by atoms with Gasteiger partial charge in [0.05, 0.1) is 18.2 Å². The van der Waals surface area contributed by atoms with Gasteiger partial charge in [0.15, 0.2) is 5.65 Å². The summed E-state index contributed by atoms with van der Waals surface area (Å²) in [5.74, 6) is 1.37. The van der Waals surface area contributed by atoms with Crippen LogP contribution in [0.3, 0.4) is 0 Å². The van der Waals surface area contributed by atoms with E-state index in [4.69, 9.17) is 10.5 Å². The lowest BCUT2D eigenvalue weighted by atomic mass is 10.2. The van der Waals surface area contributed by atoms with E-state index in [9.17, 15) is 0 Å². The van der Waals surface area contributed by atoms with Crippen molar-refractivity contribution in [2.45, 2.75) is 26.3 Å². The molecule has 2 rings (SSSR count). The van der Waals surface area contributed by atoms with Crippen molar-refractivity contribution in [3.63, 3.8) is 0 Å². The van der Waals surface area contributed by atoms with E-state index in [-0.39, 0.29) is 6.04 Å². The van der Waals surface area contributed by atoms with E-state index >= 15 is 0 Å². The van der Waals surface area contributed by atoms with Gasteiger partial charge in [0.2, 0.25) is 5.88 Å². The summed E-state index contributed by atoms with van der Waals surface area (Å²) < 4.78 is 5.31. The molecule has 0 saturated carbocycles. The van der Waals surface area contributed by atoms with E-state index in [0.29, 0.717) is 18.1 Å². The van der Waals surface area contributed by atoms with E-state index in [1.807, 2.05) is 26.0 Å². The van der Waals surface area contributed by atoms with Crippen LogP contribution >= 0.6 is 0 Å². The van der Waals surface area contributed by atoms with E-state index in [2.05, 4.69) is 15.0 Å². The molecule has 0 amide bonds. The Morgan fingerprint density at radius 3 is 2.88 bits per heavy atom. The number of imidazole rings is 1. The van der Waals surface area contributed by atoms with Crippen LogP contribution in [0.15, 0.2) is 12.1 Å². The lowest BCUT2D eigenvalue weighted by molar-refractivity contribution is 0.328. The Balaban J connectivity index is 2.38. The maximum Gasteiger partial charge on any atom is 0.215 e. The van der Waals surface area contributed by atoms with Gasteiger partial charge < -0.3 is 15.5 Å². The van der Waals surface area contributed by atoms with Crippen LogP contribution in [-0.4, -0.2) is 21.6 Å². The molecule has 2 aromatic rings. The number of aromatic amines is 1. The van der Waals surface area contributed by atoms with Crippen LogP contribution in [0.4, 0.5) is 0 Å². The normalized spacial score (nSPS) is 12.9. The zero-order valence-electron chi connectivity index (χ0n) is 9.53. The van der Waals surface area contributed by atoms with E-state index in [1.54, 1.807) is 0 Å². The molecule has 0 aromatic carbocycles. The van der Waals surface area contributed by atoms with Crippen molar-refractivity contribution < 1.29 is 4.74 Å². The third-order valence-electron chi connectivity index (χ3n) is 2.42. The Hall–Kier alpha value is -1.62. The van der Waals surface area contributed by atoms with Gasteiger partial charge in [0, 0.05) is 6.07 Å². The summed E-state index contributed by atoms with van der Waals surface area (Å²) in [5, 5.41) is 0. The van der Waals surface area contributed by atoms with Crippen LogP contribution in [0.5, 0.6) is 5.88 Å². The molecule has 0 saturated heterocycles. The molecule has 2 aromatic heterocycles. The predicted molar refractivity (Wildman–Crippen MR) is 62.3 cm³/mol. The molecule has 1 atom stereocenters. The quantitative estimate of drug-likeness (QED) is 0.823. The molecule has 3 N–H and O–H groups in total. The summed E-state index contributed by atoms with van der Waals surface area (Å²) in [4.78, 5) is 11.8. The number of nitrogens with zero attached hydrogens (tertiary/aromatic N) is 2. The number of nitrogens with two attached hydrogens (primary N) is 1. The van der Waals surface area contributed by atoms with E-state index < -0.39 is 0 Å². The highest BCUT2D eigenvalue weighted by molar-refractivity contribution is 5.71. The molecule has 16 heavy (non-hydrogen) atoms. The van der Waals surface area contributed by atoms with Crippen molar-refractivity contribution in [3.8, 4) is 5.88 Å². The number of H-pyrrole nitrogens is 1. The topological polar surface area (TPSA) is 76.8 Å². The van der Waals surface area contributed by atoms with Gasteiger partial charge in [-0.25, -0.2) is 4.98 Å². The van der Waals surface area contributed by atoms with Gasteiger partial charge in [0.25, 0.3) is 0 Å². The van der Waals surface area contributed by atoms with Crippen LogP contribution in [-0.2, 0) is 0 Å². The van der Waals surface area contributed by atoms with Gasteiger partial charge in [-0.05, 0) is 19.4 Å². The second-order valence-corrected chi connectivity index (χ2v) is 3.59. The average molecular weight is 220 g/mol. The van der Waals surface area contributed by atoms with Crippen molar-refractivity contribution in [3.05, 3.63) is 18.0 Å². The third kappa shape index (κ3) is 1.99. The largest absolute Gasteiger partial charge is 0.478 e. The highest BCUT2D eigenvalue weighted by atomic mass is 16.5. The van der Waals surface area contributed by atoms with Crippen LogP contribution in [0, 0.1) is 0 Å². The second-order valence-electron chi connectivity index (χ2n) is 3.59. The Morgan fingerprint density at radius 2 is 2.19 bits per heavy atom. The van der Waals surface area contributed by atoms with Gasteiger partial charge in [-0.2, -0.15) is 4.98 Å². The zero-order chi connectivity index (χ0) is 11.5. The first-order valence-electron chi connectivity index (χ1n) is 5.49. The van der Waals surface area contributed by atoms with Gasteiger partial charge in [-0.15, -0.1) is 0 Å². The molecule has 86 valence electrons. The fourth-order valence-corrected chi connectivity index (χ4v) is 1.49. The average Bonchev–Trinajstić information content (AvgIpc) is 2.71. The van der Waals surface area contributed by atoms with Crippen LogP contribution in [0.2, 0.25) is 0 Å². The zero-order valence-corrected chi connectivity index (χ0v) is 9.53. The Labute approximate surface area is 94.0 Å². The first-order valence-corrected chi connectivity index (χ1v) is 5.49. The van der Waals surface area contributed by atoms with Crippen LogP contribution in [0.1, 0.15) is 32.1 Å². The van der Waals surface area contributed by atoms with Crippen molar-refractivity contribution in [1.82, 2.24) is 15.0 Å². The Bertz CT molecular complexity index is 480. The number of hydrogen-bond donors (Lipinski definition) is 2. The summed E-state index contributed by atoms with van der Waals surface area (Å²) in [6.45, 7) is 4.55. The maximum absolute atomic E-state index is 5.90. The fourth-order valence-electron chi connectivity index (χ4n) is 1.49. The van der Waals surface area contributed by atoms with Crippen molar-refractivity contribution in [1.29, 1.82) is 0 Å². The Kier molecular flexibility index (Phi) is 3.05. The molecule has 0 bridgehead atoms. The number of pyridine rings is 1. The number of aromatic nitrogens is 3. The van der Waals surface area contributed by atoms with E-state index in [1.165, 1.54) is 0 Å². The molecule has 0 aliphatic heterocycles. The molecule has 5 nitrogen and oxygen atoms in total. The maximum atomic E-state index is 5.90. The number of fused-ring (bicyclic) bond motifs is 1. The first kappa shape index (κ1) is 10.9. The molecular formula is C11H16N4O. The van der Waals surface area contributed by atoms with Gasteiger partial charge in [-0.3, -0.25) is 0 Å². The summed E-state index contributed by atoms with van der Waals surface area (Å²) >= 11 is 0. The second kappa shape index (κ2) is 4.49. The minimum absolute atomic E-state index is 0.0651. The monoisotopic (exact) mass is 220 g/mol. The fraction of sp³-hybridized carbons (Fsp3) is 0.455. The highest BCUT2D eigenvalue weighted by Crippen LogP contribution is 2.17. The molecule has 5 heteroatoms. The molecule has 0 radical (unpaired) electrons. The minimum Gasteiger partial charge on any atom is -0.478 e. The molecule has 0 fully saturated rings. The van der Waals surface area contributed by atoms with E-state index in [0.717, 1.165) is 17.8 Å². The van der Waals surface area contributed by atoms with Gasteiger partial charge in [0.1, 0.15) is 5.82 Å². The first-order chi connectivity index (χ1) is 7.74. The van der Waals surface area contributed by atoms with Crippen molar-refractivity contribution >= 4 is 11.2 Å². The SMILES string of the molecule is CCOc1ccc2[nH]c(C(N)CC)nc2n1. The lowest BCUT2D eigenvalue weighted by Crippen LogP contribution is -2.10.